The predicted octanol–water partition coefficient (Wildman–Crippen LogP) is 2.27. The van der Waals surface area contributed by atoms with Gasteiger partial charge in [-0.2, -0.15) is 0 Å². The van der Waals surface area contributed by atoms with Gasteiger partial charge in [-0.1, -0.05) is 24.3 Å². The molecule has 0 aromatic heterocycles. The Balaban J connectivity index is 2.15. The van der Waals surface area contributed by atoms with E-state index in [4.69, 9.17) is 9.47 Å². The summed E-state index contributed by atoms with van der Waals surface area (Å²) in [5, 5.41) is 3.18. The highest BCUT2D eigenvalue weighted by Gasteiger charge is 2.34. The van der Waals surface area contributed by atoms with Crippen molar-refractivity contribution in [2.24, 2.45) is 0 Å². The molecule has 1 N–H and O–H groups in total. The van der Waals surface area contributed by atoms with Gasteiger partial charge in [-0.25, -0.2) is 0 Å². The van der Waals surface area contributed by atoms with E-state index in [0.717, 1.165) is 13.0 Å². The molecule has 1 aliphatic heterocycles. The average Bonchev–Trinajstić information content (AvgIpc) is 2.67. The standard InChI is InChI=1S/C14H21NO2/c1-14(2)16-10-13(17-14)12-7-5-4-6-11(12)8-9-15-3/h4-7,13,15H,8-10H2,1-3H3. The molecule has 1 aliphatic rings. The average molecular weight is 235 g/mol. The van der Waals surface area contributed by atoms with Gasteiger partial charge in [-0.3, -0.25) is 0 Å². The minimum Gasteiger partial charge on any atom is -0.347 e. The molecule has 0 aliphatic carbocycles. The molecule has 1 saturated heterocycles. The van der Waals surface area contributed by atoms with E-state index >= 15 is 0 Å². The van der Waals surface area contributed by atoms with E-state index in [1.807, 2.05) is 20.9 Å². The first-order valence-corrected chi connectivity index (χ1v) is 6.16. The number of hydrogen-bond donors (Lipinski definition) is 1. The SMILES string of the molecule is CNCCc1ccccc1C1COC(C)(C)O1. The number of nitrogens with one attached hydrogen (secondary N) is 1. The van der Waals surface area contributed by atoms with E-state index in [9.17, 15) is 0 Å². The summed E-state index contributed by atoms with van der Waals surface area (Å²) >= 11 is 0. The summed E-state index contributed by atoms with van der Waals surface area (Å²) < 4.78 is 11.5. The van der Waals surface area contributed by atoms with Gasteiger partial charge in [0.1, 0.15) is 6.10 Å². The molecule has 0 spiro atoms. The second-order valence-electron chi connectivity index (χ2n) is 4.87. The maximum Gasteiger partial charge on any atom is 0.163 e. The molecule has 2 rings (SSSR count). The predicted molar refractivity (Wildman–Crippen MR) is 67.9 cm³/mol. The molecule has 1 unspecified atom stereocenters. The fraction of sp³-hybridized carbons (Fsp3) is 0.571. The number of rotatable bonds is 4. The molecule has 94 valence electrons. The van der Waals surface area contributed by atoms with Gasteiger partial charge in [0.2, 0.25) is 0 Å². The van der Waals surface area contributed by atoms with Crippen LogP contribution in [0.5, 0.6) is 0 Å². The van der Waals surface area contributed by atoms with E-state index in [1.54, 1.807) is 0 Å². The molecule has 0 saturated carbocycles. The van der Waals surface area contributed by atoms with Crippen molar-refractivity contribution in [3.05, 3.63) is 35.4 Å². The van der Waals surface area contributed by atoms with Gasteiger partial charge in [0, 0.05) is 0 Å². The normalized spacial score (nSPS) is 22.9. The first kappa shape index (κ1) is 12.6. The van der Waals surface area contributed by atoms with Crippen LogP contribution in [-0.2, 0) is 15.9 Å². The third kappa shape index (κ3) is 3.06. The number of benzene rings is 1. The first-order chi connectivity index (χ1) is 8.12. The van der Waals surface area contributed by atoms with Crippen molar-refractivity contribution in [3.63, 3.8) is 0 Å². The quantitative estimate of drug-likeness (QED) is 0.868. The maximum absolute atomic E-state index is 5.91. The second kappa shape index (κ2) is 5.17. The van der Waals surface area contributed by atoms with Crippen molar-refractivity contribution in [2.75, 3.05) is 20.2 Å². The van der Waals surface area contributed by atoms with Crippen molar-refractivity contribution in [3.8, 4) is 0 Å². The van der Waals surface area contributed by atoms with Gasteiger partial charge in [0.05, 0.1) is 6.61 Å². The van der Waals surface area contributed by atoms with Gasteiger partial charge in [-0.05, 0) is 45.0 Å². The van der Waals surface area contributed by atoms with Crippen LogP contribution in [0.2, 0.25) is 0 Å². The lowest BCUT2D eigenvalue weighted by atomic mass is 10.0. The van der Waals surface area contributed by atoms with Crippen molar-refractivity contribution < 1.29 is 9.47 Å². The Hall–Kier alpha value is -0.900. The number of hydrogen-bond acceptors (Lipinski definition) is 3. The van der Waals surface area contributed by atoms with E-state index < -0.39 is 5.79 Å². The Kier molecular flexibility index (Phi) is 3.82. The highest BCUT2D eigenvalue weighted by molar-refractivity contribution is 5.30. The van der Waals surface area contributed by atoms with Gasteiger partial charge in [0.15, 0.2) is 5.79 Å². The van der Waals surface area contributed by atoms with E-state index in [0.29, 0.717) is 6.61 Å². The molecule has 0 radical (unpaired) electrons. The molecule has 1 aromatic rings. The van der Waals surface area contributed by atoms with Crippen molar-refractivity contribution in [1.82, 2.24) is 5.32 Å². The largest absolute Gasteiger partial charge is 0.347 e. The molecule has 1 atom stereocenters. The van der Waals surface area contributed by atoms with Crippen molar-refractivity contribution in [2.45, 2.75) is 32.2 Å². The first-order valence-electron chi connectivity index (χ1n) is 6.16. The third-order valence-electron chi connectivity index (χ3n) is 3.05. The van der Waals surface area contributed by atoms with Crippen molar-refractivity contribution >= 4 is 0 Å². The Labute approximate surface area is 103 Å². The highest BCUT2D eigenvalue weighted by atomic mass is 16.7. The minimum atomic E-state index is -0.458. The zero-order chi connectivity index (χ0) is 12.3. The van der Waals surface area contributed by atoms with Crippen LogP contribution in [0.1, 0.15) is 31.1 Å². The molecular formula is C14H21NO2. The Morgan fingerprint density at radius 3 is 2.76 bits per heavy atom. The third-order valence-corrected chi connectivity index (χ3v) is 3.05. The van der Waals surface area contributed by atoms with Crippen molar-refractivity contribution in [1.29, 1.82) is 0 Å². The second-order valence-corrected chi connectivity index (χ2v) is 4.87. The van der Waals surface area contributed by atoms with Gasteiger partial charge in [0.25, 0.3) is 0 Å². The Bertz CT molecular complexity index is 376. The van der Waals surface area contributed by atoms with E-state index in [-0.39, 0.29) is 6.10 Å². The topological polar surface area (TPSA) is 30.5 Å². The smallest absolute Gasteiger partial charge is 0.163 e. The van der Waals surface area contributed by atoms with Crippen LogP contribution in [0.15, 0.2) is 24.3 Å². The van der Waals surface area contributed by atoms with Gasteiger partial charge in [-0.15, -0.1) is 0 Å². The summed E-state index contributed by atoms with van der Waals surface area (Å²) in [6.07, 6.45) is 1.09. The fourth-order valence-corrected chi connectivity index (χ4v) is 2.18. The molecule has 3 nitrogen and oxygen atoms in total. The zero-order valence-corrected chi connectivity index (χ0v) is 10.8. The zero-order valence-electron chi connectivity index (χ0n) is 10.8. The molecule has 1 fully saturated rings. The van der Waals surface area contributed by atoms with Crippen LogP contribution >= 0.6 is 0 Å². The fourth-order valence-electron chi connectivity index (χ4n) is 2.18. The van der Waals surface area contributed by atoms with Crippen LogP contribution in [-0.4, -0.2) is 26.0 Å². The lowest BCUT2D eigenvalue weighted by molar-refractivity contribution is -0.139. The van der Waals surface area contributed by atoms with Gasteiger partial charge < -0.3 is 14.8 Å². The summed E-state index contributed by atoms with van der Waals surface area (Å²) in [6, 6.07) is 8.45. The molecule has 0 bridgehead atoms. The number of ether oxygens (including phenoxy) is 2. The Morgan fingerprint density at radius 2 is 2.12 bits per heavy atom. The molecule has 3 heteroatoms. The lowest BCUT2D eigenvalue weighted by Crippen LogP contribution is -2.20. The molecular weight excluding hydrogens is 214 g/mol. The van der Waals surface area contributed by atoms with Crippen LogP contribution in [0.4, 0.5) is 0 Å². The molecule has 0 amide bonds. The lowest BCUT2D eigenvalue weighted by Gasteiger charge is -2.19. The summed E-state index contributed by atoms with van der Waals surface area (Å²) in [7, 11) is 1.97. The summed E-state index contributed by atoms with van der Waals surface area (Å²) in [4.78, 5) is 0. The molecule has 1 heterocycles. The van der Waals surface area contributed by atoms with Crippen LogP contribution in [0.3, 0.4) is 0 Å². The van der Waals surface area contributed by atoms with Crippen LogP contribution < -0.4 is 5.32 Å². The summed E-state index contributed by atoms with van der Waals surface area (Å²) in [6.45, 7) is 5.55. The highest BCUT2D eigenvalue weighted by Crippen LogP contribution is 2.34. The maximum atomic E-state index is 5.91. The minimum absolute atomic E-state index is 0.0676. The number of likely N-dealkylation sites (N-methyl/N-ethyl adjacent to an activating group) is 1. The monoisotopic (exact) mass is 235 g/mol. The Morgan fingerprint density at radius 1 is 1.35 bits per heavy atom. The summed E-state index contributed by atoms with van der Waals surface area (Å²) in [5.41, 5.74) is 2.60. The molecule has 1 aromatic carbocycles. The van der Waals surface area contributed by atoms with Crippen LogP contribution in [0.25, 0.3) is 0 Å². The molecule has 17 heavy (non-hydrogen) atoms. The van der Waals surface area contributed by atoms with Crippen LogP contribution in [0, 0.1) is 0 Å². The van der Waals surface area contributed by atoms with Gasteiger partial charge >= 0.3 is 0 Å². The van der Waals surface area contributed by atoms with E-state index in [2.05, 4.69) is 29.6 Å². The van der Waals surface area contributed by atoms with E-state index in [1.165, 1.54) is 11.1 Å². The summed E-state index contributed by atoms with van der Waals surface area (Å²) in [5.74, 6) is -0.458.